The number of aromatic nitrogens is 4. The highest BCUT2D eigenvalue weighted by Crippen LogP contribution is 2.44. The topological polar surface area (TPSA) is 157 Å². The Balaban J connectivity index is 0.751. The van der Waals surface area contributed by atoms with Gasteiger partial charge in [-0.25, -0.2) is 9.97 Å². The summed E-state index contributed by atoms with van der Waals surface area (Å²) in [5.74, 6) is 1.87. The van der Waals surface area contributed by atoms with Crippen LogP contribution in [0, 0.1) is 0 Å². The first-order valence-corrected chi connectivity index (χ1v) is 21.6. The average molecular weight is 803 g/mol. The molecule has 14 heteroatoms. The monoisotopic (exact) mass is 802 g/mol. The van der Waals surface area contributed by atoms with Crippen LogP contribution in [0.5, 0.6) is 5.75 Å². The van der Waals surface area contributed by atoms with E-state index in [0.717, 1.165) is 82.2 Å². The third-order valence-corrected chi connectivity index (χ3v) is 14.4. The number of imide groups is 1. The molecule has 4 aromatic rings. The summed E-state index contributed by atoms with van der Waals surface area (Å²) in [6, 6.07) is 16.8. The molecule has 2 bridgehead atoms. The number of carbonyl (C=O) groups excluding carboxylic acids is 2. The number of aromatic hydroxyl groups is 1. The highest BCUT2D eigenvalue weighted by molar-refractivity contribution is 6.32. The second kappa shape index (κ2) is 15.3. The molecule has 6 aliphatic rings. The third-order valence-electron chi connectivity index (χ3n) is 14.1. The molecule has 2 aromatic heterocycles. The average Bonchev–Trinajstić information content (AvgIpc) is 3.79. The maximum Gasteiger partial charge on any atom is 0.249 e. The summed E-state index contributed by atoms with van der Waals surface area (Å²) in [4.78, 5) is 44.3. The van der Waals surface area contributed by atoms with Gasteiger partial charge in [0.05, 0.1) is 16.4 Å². The molecule has 5 aliphatic heterocycles. The number of carbonyl (C=O) groups is 2. The smallest absolute Gasteiger partial charge is 0.249 e. The minimum atomic E-state index is -0.252. The zero-order chi connectivity index (χ0) is 39.5. The molecule has 58 heavy (non-hydrogen) atoms. The second-order valence-corrected chi connectivity index (χ2v) is 17.6. The number of nitrogens with two attached hydrogens (primary N) is 1. The predicted octanol–water partition coefficient (Wildman–Crippen LogP) is 5.81. The van der Waals surface area contributed by atoms with Gasteiger partial charge in [0.25, 0.3) is 0 Å². The normalized spacial score (nSPS) is 26.6. The van der Waals surface area contributed by atoms with Gasteiger partial charge in [-0.3, -0.25) is 14.9 Å². The zero-order valence-electron chi connectivity index (χ0n) is 32.8. The van der Waals surface area contributed by atoms with Crippen LogP contribution in [0.4, 0.5) is 23.1 Å². The van der Waals surface area contributed by atoms with E-state index in [-0.39, 0.29) is 40.7 Å². The van der Waals surface area contributed by atoms with Gasteiger partial charge in [-0.15, -0.1) is 10.2 Å². The van der Waals surface area contributed by atoms with Gasteiger partial charge < -0.3 is 30.4 Å². The largest absolute Gasteiger partial charge is 0.506 e. The maximum atomic E-state index is 12.7. The molecule has 4 N–H and O–H groups in total. The number of likely N-dealkylation sites (tertiary alicyclic amines) is 1. The Morgan fingerprint density at radius 1 is 0.793 bits per heavy atom. The van der Waals surface area contributed by atoms with Crippen LogP contribution in [0.3, 0.4) is 0 Å². The summed E-state index contributed by atoms with van der Waals surface area (Å²) in [5.41, 5.74) is 13.5. The number of nitrogen functional groups attached to an aromatic ring is 1. The van der Waals surface area contributed by atoms with E-state index in [1.807, 2.05) is 12.3 Å². The van der Waals surface area contributed by atoms with Gasteiger partial charge in [0.1, 0.15) is 11.8 Å². The number of piperidine rings is 2. The molecule has 7 heterocycles. The predicted molar refractivity (Wildman–Crippen MR) is 224 cm³/mol. The summed E-state index contributed by atoms with van der Waals surface area (Å²) in [6.45, 7) is 4.58. The quantitative estimate of drug-likeness (QED) is 0.193. The lowest BCUT2D eigenvalue weighted by Crippen LogP contribution is -2.54. The Morgan fingerprint density at radius 2 is 1.55 bits per heavy atom. The summed E-state index contributed by atoms with van der Waals surface area (Å²) in [6.07, 6.45) is 13.1. The van der Waals surface area contributed by atoms with Gasteiger partial charge in [0.15, 0.2) is 5.82 Å². The Bertz CT molecular complexity index is 2210. The first kappa shape index (κ1) is 37.3. The van der Waals surface area contributed by atoms with Gasteiger partial charge in [-0.05, 0) is 125 Å². The minimum Gasteiger partial charge on any atom is -0.506 e. The number of piperazine rings is 1. The number of benzene rings is 2. The van der Waals surface area contributed by atoms with Crippen molar-refractivity contribution in [1.29, 1.82) is 0 Å². The van der Waals surface area contributed by atoms with E-state index in [2.05, 4.69) is 59.4 Å². The Labute approximate surface area is 344 Å². The van der Waals surface area contributed by atoms with Crippen LogP contribution in [0.1, 0.15) is 92.9 Å². The van der Waals surface area contributed by atoms with E-state index in [4.69, 9.17) is 27.3 Å². The van der Waals surface area contributed by atoms with Crippen molar-refractivity contribution in [2.75, 3.05) is 53.2 Å². The Kier molecular flexibility index (Phi) is 9.83. The number of para-hydroxylation sites is 1. The SMILES string of the molecule is Nc1nnc(-c2cccc(Cl)c2O)cc1N1CC2CCC(C1)N2c1nccc(C2CCN(C3CCC(c4cccc5c4CCN5C4CCC(=O)NC4=O)CC3)CC2)n1. The Hall–Kier alpha value is -5.01. The fourth-order valence-corrected chi connectivity index (χ4v) is 11.3. The van der Waals surface area contributed by atoms with Crippen molar-refractivity contribution in [1.82, 2.24) is 30.4 Å². The van der Waals surface area contributed by atoms with Gasteiger partial charge in [0.2, 0.25) is 17.8 Å². The van der Waals surface area contributed by atoms with Crippen LogP contribution in [-0.2, 0) is 16.0 Å². The number of fused-ring (bicyclic) bond motifs is 3. The van der Waals surface area contributed by atoms with E-state index in [1.54, 1.807) is 18.2 Å². The van der Waals surface area contributed by atoms with Crippen molar-refractivity contribution >= 4 is 46.6 Å². The molecule has 3 unspecified atom stereocenters. The number of hydrogen-bond acceptors (Lipinski definition) is 12. The molecule has 5 fully saturated rings. The second-order valence-electron chi connectivity index (χ2n) is 17.2. The zero-order valence-corrected chi connectivity index (χ0v) is 33.5. The number of anilines is 4. The lowest BCUT2D eigenvalue weighted by Gasteiger charge is -2.42. The summed E-state index contributed by atoms with van der Waals surface area (Å²) in [5, 5.41) is 22.0. The van der Waals surface area contributed by atoms with Gasteiger partial charge >= 0.3 is 0 Å². The maximum absolute atomic E-state index is 12.7. The fourth-order valence-electron chi connectivity index (χ4n) is 11.1. The molecule has 0 radical (unpaired) electrons. The lowest BCUT2D eigenvalue weighted by molar-refractivity contribution is -0.134. The van der Waals surface area contributed by atoms with Crippen molar-refractivity contribution in [3.8, 4) is 17.0 Å². The van der Waals surface area contributed by atoms with E-state index in [1.165, 1.54) is 42.5 Å². The van der Waals surface area contributed by atoms with Crippen molar-refractivity contribution in [3.05, 3.63) is 76.6 Å². The van der Waals surface area contributed by atoms with Crippen molar-refractivity contribution < 1.29 is 14.7 Å². The summed E-state index contributed by atoms with van der Waals surface area (Å²) >= 11 is 6.20. The van der Waals surface area contributed by atoms with Crippen LogP contribution in [0.2, 0.25) is 5.02 Å². The van der Waals surface area contributed by atoms with E-state index in [0.29, 0.717) is 47.8 Å². The molecule has 10 rings (SSSR count). The minimum absolute atomic E-state index is 0.0145. The van der Waals surface area contributed by atoms with Crippen LogP contribution in [0.25, 0.3) is 11.3 Å². The van der Waals surface area contributed by atoms with Gasteiger partial charge in [0, 0.05) is 73.2 Å². The number of phenolic OH excluding ortho intramolecular Hbond substituents is 1. The first-order valence-electron chi connectivity index (χ1n) is 21.2. The van der Waals surface area contributed by atoms with E-state index < -0.39 is 0 Å². The number of nitrogens with zero attached hydrogens (tertiary/aromatic N) is 8. The van der Waals surface area contributed by atoms with Gasteiger partial charge in [-0.2, -0.15) is 0 Å². The third kappa shape index (κ3) is 6.79. The molecule has 0 spiro atoms. The fraction of sp³-hybridized carbons (Fsp3) is 0.500. The molecule has 1 saturated carbocycles. The van der Waals surface area contributed by atoms with Crippen molar-refractivity contribution in [2.45, 2.75) is 107 Å². The number of halogens is 1. The molecular formula is C44H51ClN10O3. The molecular weight excluding hydrogens is 752 g/mol. The molecule has 13 nitrogen and oxygen atoms in total. The van der Waals surface area contributed by atoms with Crippen LogP contribution >= 0.6 is 11.6 Å². The van der Waals surface area contributed by atoms with Crippen molar-refractivity contribution in [2.24, 2.45) is 0 Å². The standard InChI is InChI=1S/C44H51ClN10O3/c45-34-5-1-4-33(41(34)57)36-23-39(42(46)51-50-36)53-24-29-11-12-30(25-53)55(29)44-47-19-15-35(48-44)27-16-20-52(21-17-27)28-9-7-26(8-10-28)31-3-2-6-37-32(31)18-22-54(37)38-13-14-40(56)49-43(38)58/h1-6,15,19,23,26-30,38,57H,7-14,16-18,20-22,24-25H2,(H2,46,51)(H,49,56,58). The molecule has 4 saturated heterocycles. The van der Waals surface area contributed by atoms with Crippen LogP contribution < -0.4 is 25.8 Å². The Morgan fingerprint density at radius 3 is 2.33 bits per heavy atom. The molecule has 2 aromatic carbocycles. The molecule has 1 aliphatic carbocycles. The first-order chi connectivity index (χ1) is 28.3. The molecule has 3 atom stereocenters. The number of hydrogen-bond donors (Lipinski definition) is 3. The highest BCUT2D eigenvalue weighted by Gasteiger charge is 2.43. The van der Waals surface area contributed by atoms with Gasteiger partial charge in [-0.1, -0.05) is 29.8 Å². The highest BCUT2D eigenvalue weighted by atomic mass is 35.5. The van der Waals surface area contributed by atoms with Crippen molar-refractivity contribution in [3.63, 3.8) is 0 Å². The lowest BCUT2D eigenvalue weighted by atomic mass is 9.78. The number of amides is 2. The number of nitrogens with one attached hydrogen (secondary N) is 1. The van der Waals surface area contributed by atoms with E-state index >= 15 is 0 Å². The summed E-state index contributed by atoms with van der Waals surface area (Å²) < 4.78 is 0. The molecule has 302 valence electrons. The number of rotatable bonds is 7. The van der Waals surface area contributed by atoms with Crippen LogP contribution in [0.15, 0.2) is 54.7 Å². The molecule has 2 amide bonds. The number of phenols is 1. The van der Waals surface area contributed by atoms with Crippen LogP contribution in [-0.4, -0.2) is 98.9 Å². The summed E-state index contributed by atoms with van der Waals surface area (Å²) in [7, 11) is 0. The van der Waals surface area contributed by atoms with E-state index in [9.17, 15) is 14.7 Å².